The van der Waals surface area contributed by atoms with E-state index in [1.54, 1.807) is 0 Å². The molecule has 0 aliphatic carbocycles. The van der Waals surface area contributed by atoms with Crippen LogP contribution in [0, 0.1) is 10.1 Å². The fourth-order valence-corrected chi connectivity index (χ4v) is 3.01. The highest BCUT2D eigenvalue weighted by Crippen LogP contribution is 2.15. The fourth-order valence-electron chi connectivity index (χ4n) is 3.01. The Balaban J connectivity index is 1.49. The summed E-state index contributed by atoms with van der Waals surface area (Å²) in [7, 11) is 0. The number of nitro benzene ring substituents is 1. The molecule has 0 aromatic heterocycles. The maximum absolute atomic E-state index is 12.5. The Morgan fingerprint density at radius 2 is 1.60 bits per heavy atom. The Kier molecular flexibility index (Phi) is 5.40. The molecule has 6 nitrogen and oxygen atoms in total. The molecule has 0 spiro atoms. The highest BCUT2D eigenvalue weighted by atomic mass is 16.6. The van der Waals surface area contributed by atoms with Crippen LogP contribution in [0.3, 0.4) is 0 Å². The van der Waals surface area contributed by atoms with Crippen molar-refractivity contribution in [2.45, 2.75) is 6.42 Å². The topological polar surface area (TPSA) is 66.7 Å². The number of benzene rings is 2. The van der Waals surface area contributed by atoms with Crippen LogP contribution in [0.15, 0.2) is 54.6 Å². The second kappa shape index (κ2) is 7.90. The summed E-state index contributed by atoms with van der Waals surface area (Å²) in [5.74, 6) is -0.0578. The number of non-ortho nitro benzene ring substituents is 1. The molecule has 1 aliphatic heterocycles. The van der Waals surface area contributed by atoms with Gasteiger partial charge in [-0.15, -0.1) is 0 Å². The third kappa shape index (κ3) is 4.42. The third-order valence-corrected chi connectivity index (χ3v) is 4.54. The Morgan fingerprint density at radius 1 is 0.960 bits per heavy atom. The minimum Gasteiger partial charge on any atom is -0.336 e. The first-order valence-electron chi connectivity index (χ1n) is 8.43. The zero-order chi connectivity index (χ0) is 17.6. The first-order chi connectivity index (χ1) is 12.1. The molecule has 2 aromatic rings. The summed E-state index contributed by atoms with van der Waals surface area (Å²) < 4.78 is 0. The van der Waals surface area contributed by atoms with Gasteiger partial charge in [-0.3, -0.25) is 19.8 Å². The quantitative estimate of drug-likeness (QED) is 0.620. The summed E-state index contributed by atoms with van der Waals surface area (Å²) >= 11 is 0. The Bertz CT molecular complexity index is 723. The van der Waals surface area contributed by atoms with Crippen molar-refractivity contribution in [1.82, 2.24) is 9.80 Å². The Morgan fingerprint density at radius 3 is 2.20 bits per heavy atom. The van der Waals surface area contributed by atoms with Gasteiger partial charge in [0.15, 0.2) is 0 Å². The van der Waals surface area contributed by atoms with Crippen LogP contribution in [0.2, 0.25) is 0 Å². The smallest absolute Gasteiger partial charge is 0.269 e. The summed E-state index contributed by atoms with van der Waals surface area (Å²) in [6.07, 6.45) is 1.01. The lowest BCUT2D eigenvalue weighted by molar-refractivity contribution is -0.384. The van der Waals surface area contributed by atoms with Crippen LogP contribution >= 0.6 is 0 Å². The molecule has 130 valence electrons. The number of amides is 1. The predicted molar refractivity (Wildman–Crippen MR) is 95.6 cm³/mol. The average Bonchev–Trinajstić information content (AvgIpc) is 2.67. The molecule has 0 atom stereocenters. The molecule has 6 heteroatoms. The van der Waals surface area contributed by atoms with Gasteiger partial charge in [-0.1, -0.05) is 30.3 Å². The van der Waals surface area contributed by atoms with Gasteiger partial charge in [0.2, 0.25) is 0 Å². The van der Waals surface area contributed by atoms with Gasteiger partial charge < -0.3 is 4.90 Å². The van der Waals surface area contributed by atoms with E-state index in [1.807, 2.05) is 11.0 Å². The third-order valence-electron chi connectivity index (χ3n) is 4.54. The van der Waals surface area contributed by atoms with E-state index in [0.29, 0.717) is 18.7 Å². The van der Waals surface area contributed by atoms with E-state index in [-0.39, 0.29) is 11.6 Å². The van der Waals surface area contributed by atoms with Crippen molar-refractivity contribution in [3.8, 4) is 0 Å². The van der Waals surface area contributed by atoms with Gasteiger partial charge in [-0.25, -0.2) is 0 Å². The van der Waals surface area contributed by atoms with Gasteiger partial charge in [0.05, 0.1) is 4.92 Å². The molecule has 2 aromatic carbocycles. The highest BCUT2D eigenvalue weighted by Gasteiger charge is 2.22. The Hall–Kier alpha value is -2.73. The van der Waals surface area contributed by atoms with Crippen molar-refractivity contribution >= 4 is 11.6 Å². The molecular weight excluding hydrogens is 318 g/mol. The van der Waals surface area contributed by atoms with Crippen LogP contribution in [-0.2, 0) is 6.42 Å². The van der Waals surface area contributed by atoms with Gasteiger partial charge in [0, 0.05) is 50.4 Å². The summed E-state index contributed by atoms with van der Waals surface area (Å²) in [5.41, 5.74) is 1.83. The van der Waals surface area contributed by atoms with Crippen LogP contribution in [-0.4, -0.2) is 53.4 Å². The van der Waals surface area contributed by atoms with Crippen LogP contribution in [0.25, 0.3) is 0 Å². The Labute approximate surface area is 146 Å². The summed E-state index contributed by atoms with van der Waals surface area (Å²) in [4.78, 5) is 26.9. The average molecular weight is 339 g/mol. The van der Waals surface area contributed by atoms with Gasteiger partial charge in [-0.2, -0.15) is 0 Å². The number of nitrogens with zero attached hydrogens (tertiary/aromatic N) is 3. The molecule has 1 heterocycles. The zero-order valence-electron chi connectivity index (χ0n) is 14.0. The number of hydrogen-bond acceptors (Lipinski definition) is 4. The van der Waals surface area contributed by atoms with Gasteiger partial charge >= 0.3 is 0 Å². The minimum absolute atomic E-state index is 0.00211. The number of carbonyl (C=O) groups excluding carboxylic acids is 1. The van der Waals surface area contributed by atoms with E-state index >= 15 is 0 Å². The fraction of sp³-hybridized carbons (Fsp3) is 0.316. The van der Waals surface area contributed by atoms with E-state index in [4.69, 9.17) is 0 Å². The molecule has 1 fully saturated rings. The van der Waals surface area contributed by atoms with Crippen molar-refractivity contribution in [2.75, 3.05) is 32.7 Å². The molecular formula is C19H21N3O3. The van der Waals surface area contributed by atoms with Gasteiger partial charge in [0.1, 0.15) is 0 Å². The minimum atomic E-state index is -0.459. The molecule has 0 unspecified atom stereocenters. The number of hydrogen-bond donors (Lipinski definition) is 0. The maximum Gasteiger partial charge on any atom is 0.269 e. The van der Waals surface area contributed by atoms with Crippen LogP contribution in [0.5, 0.6) is 0 Å². The van der Waals surface area contributed by atoms with Crippen LogP contribution < -0.4 is 0 Å². The number of carbonyl (C=O) groups is 1. The van der Waals surface area contributed by atoms with Crippen molar-refractivity contribution in [1.29, 1.82) is 0 Å². The first kappa shape index (κ1) is 17.1. The number of rotatable bonds is 5. The lowest BCUT2D eigenvalue weighted by atomic mass is 10.1. The van der Waals surface area contributed by atoms with E-state index in [0.717, 1.165) is 26.1 Å². The van der Waals surface area contributed by atoms with Crippen molar-refractivity contribution in [2.24, 2.45) is 0 Å². The molecule has 0 saturated carbocycles. The number of nitro groups is 1. The zero-order valence-corrected chi connectivity index (χ0v) is 14.0. The standard InChI is InChI=1S/C19H21N3O3/c23-19(17-6-8-18(9-7-17)22(24)25)21-14-12-20(13-15-21)11-10-16-4-2-1-3-5-16/h1-9H,10-15H2. The predicted octanol–water partition coefficient (Wildman–Crippen LogP) is 2.60. The second-order valence-corrected chi connectivity index (χ2v) is 6.17. The molecule has 1 aliphatic rings. The van der Waals surface area contributed by atoms with Crippen molar-refractivity contribution in [3.63, 3.8) is 0 Å². The lowest BCUT2D eigenvalue weighted by Gasteiger charge is -2.34. The largest absolute Gasteiger partial charge is 0.336 e. The van der Waals surface area contributed by atoms with E-state index in [2.05, 4.69) is 29.2 Å². The molecule has 0 bridgehead atoms. The first-order valence-corrected chi connectivity index (χ1v) is 8.43. The van der Waals surface area contributed by atoms with E-state index in [9.17, 15) is 14.9 Å². The normalized spacial score (nSPS) is 15.1. The van der Waals surface area contributed by atoms with Crippen LogP contribution in [0.1, 0.15) is 15.9 Å². The molecule has 25 heavy (non-hydrogen) atoms. The maximum atomic E-state index is 12.5. The molecule has 0 N–H and O–H groups in total. The molecule has 0 radical (unpaired) electrons. The SMILES string of the molecule is O=C(c1ccc([N+](=O)[O-])cc1)N1CCN(CCc2ccccc2)CC1. The van der Waals surface area contributed by atoms with E-state index in [1.165, 1.54) is 29.8 Å². The van der Waals surface area contributed by atoms with Gasteiger partial charge in [0.25, 0.3) is 11.6 Å². The summed E-state index contributed by atoms with van der Waals surface area (Å²) in [6.45, 7) is 4.07. The molecule has 3 rings (SSSR count). The van der Waals surface area contributed by atoms with E-state index < -0.39 is 4.92 Å². The van der Waals surface area contributed by atoms with Crippen molar-refractivity contribution < 1.29 is 9.72 Å². The summed E-state index contributed by atoms with van der Waals surface area (Å²) in [5, 5.41) is 10.7. The monoisotopic (exact) mass is 339 g/mol. The second-order valence-electron chi connectivity index (χ2n) is 6.17. The van der Waals surface area contributed by atoms with Crippen LogP contribution in [0.4, 0.5) is 5.69 Å². The highest BCUT2D eigenvalue weighted by molar-refractivity contribution is 5.94. The van der Waals surface area contributed by atoms with Gasteiger partial charge in [-0.05, 0) is 24.1 Å². The molecule has 1 saturated heterocycles. The number of piperazine rings is 1. The molecule has 1 amide bonds. The lowest BCUT2D eigenvalue weighted by Crippen LogP contribution is -2.49. The van der Waals surface area contributed by atoms with Crippen molar-refractivity contribution in [3.05, 3.63) is 75.8 Å². The summed E-state index contributed by atoms with van der Waals surface area (Å²) in [6, 6.07) is 16.2.